The molecule has 0 unspecified atom stereocenters. The fraction of sp³-hybridized carbons (Fsp3) is 0.500. The van der Waals surface area contributed by atoms with E-state index < -0.39 is 22.3 Å². The van der Waals surface area contributed by atoms with Crippen molar-refractivity contribution in [2.24, 2.45) is 0 Å². The number of nitro benzene ring substituents is 1. The molecule has 0 saturated heterocycles. The number of aliphatic carboxylic acids is 1. The minimum absolute atomic E-state index is 0.133. The average Bonchev–Trinajstić information content (AvgIpc) is 2.60. The number of thioether (sulfide) groups is 1. The summed E-state index contributed by atoms with van der Waals surface area (Å²) in [5.74, 6) is -1.52. The summed E-state index contributed by atoms with van der Waals surface area (Å²) in [6.45, 7) is 0. The smallest absolute Gasteiger partial charge is 0.329 e. The molecule has 0 spiro atoms. The number of hydrogen-bond acceptors (Lipinski definition) is 5. The SMILES string of the molecule is CSc1ccc(C(=O)N(C)C2(C(=O)O)CCCCC2)cc1[N+](=O)[O-]. The molecule has 1 aromatic rings. The topological polar surface area (TPSA) is 101 Å². The van der Waals surface area contributed by atoms with Gasteiger partial charge >= 0.3 is 5.97 Å². The molecular formula is C16H20N2O5S. The van der Waals surface area contributed by atoms with Crippen molar-refractivity contribution < 1.29 is 19.6 Å². The quantitative estimate of drug-likeness (QED) is 0.496. The molecule has 1 N–H and O–H groups in total. The second kappa shape index (κ2) is 7.21. The standard InChI is InChI=1S/C16H20N2O5S/c1-17(16(15(20)21)8-4-3-5-9-16)14(19)11-6-7-13(24-2)12(10-11)18(22)23/h6-7,10H,3-5,8-9H2,1-2H3,(H,20,21). The molecule has 7 nitrogen and oxygen atoms in total. The molecule has 1 fully saturated rings. The van der Waals surface area contributed by atoms with Gasteiger partial charge in [-0.1, -0.05) is 19.3 Å². The molecule has 0 aromatic heterocycles. The molecule has 1 aliphatic rings. The summed E-state index contributed by atoms with van der Waals surface area (Å²) in [4.78, 5) is 36.9. The Kier molecular flexibility index (Phi) is 5.48. The van der Waals surface area contributed by atoms with Gasteiger partial charge in [0.1, 0.15) is 5.54 Å². The fourth-order valence-electron chi connectivity index (χ4n) is 3.18. The summed E-state index contributed by atoms with van der Waals surface area (Å²) in [6, 6.07) is 4.26. The predicted octanol–water partition coefficient (Wildman–Crippen LogP) is 3.18. The molecule has 2 rings (SSSR count). The molecule has 24 heavy (non-hydrogen) atoms. The lowest BCUT2D eigenvalue weighted by atomic mass is 9.80. The lowest BCUT2D eigenvalue weighted by molar-refractivity contribution is -0.387. The van der Waals surface area contributed by atoms with Gasteiger partial charge in [-0.3, -0.25) is 14.9 Å². The lowest BCUT2D eigenvalue weighted by Crippen LogP contribution is -2.56. The number of rotatable bonds is 5. The van der Waals surface area contributed by atoms with Gasteiger partial charge in [-0.2, -0.15) is 0 Å². The Labute approximate surface area is 144 Å². The zero-order valence-corrected chi connectivity index (χ0v) is 14.5. The molecule has 0 atom stereocenters. The van der Waals surface area contributed by atoms with Crippen LogP contribution in [0.25, 0.3) is 0 Å². The number of carboxylic acid groups (broad SMARTS) is 1. The molecule has 0 radical (unpaired) electrons. The molecular weight excluding hydrogens is 332 g/mol. The van der Waals surface area contributed by atoms with Gasteiger partial charge in [0, 0.05) is 18.7 Å². The van der Waals surface area contributed by atoms with Gasteiger partial charge in [0.15, 0.2) is 0 Å². The molecule has 0 aliphatic heterocycles. The molecule has 130 valence electrons. The van der Waals surface area contributed by atoms with Gasteiger partial charge in [0.25, 0.3) is 11.6 Å². The maximum atomic E-state index is 12.8. The van der Waals surface area contributed by atoms with Gasteiger partial charge < -0.3 is 10.0 Å². The van der Waals surface area contributed by atoms with Gasteiger partial charge in [0.05, 0.1) is 9.82 Å². The van der Waals surface area contributed by atoms with Crippen LogP contribution in [0.5, 0.6) is 0 Å². The number of carbonyl (C=O) groups is 2. The summed E-state index contributed by atoms with van der Waals surface area (Å²) in [5.41, 5.74) is -1.24. The van der Waals surface area contributed by atoms with E-state index in [1.165, 1.54) is 41.9 Å². The van der Waals surface area contributed by atoms with Crippen LogP contribution in [0.2, 0.25) is 0 Å². The van der Waals surface area contributed by atoms with Crippen LogP contribution in [0.1, 0.15) is 42.5 Å². The van der Waals surface area contributed by atoms with E-state index in [1.54, 1.807) is 6.26 Å². The van der Waals surface area contributed by atoms with Crippen LogP contribution >= 0.6 is 11.8 Å². The van der Waals surface area contributed by atoms with Crippen molar-refractivity contribution in [1.82, 2.24) is 4.90 Å². The van der Waals surface area contributed by atoms with Crippen LogP contribution in [0.4, 0.5) is 5.69 Å². The predicted molar refractivity (Wildman–Crippen MR) is 90.4 cm³/mol. The van der Waals surface area contributed by atoms with E-state index in [0.29, 0.717) is 17.7 Å². The third-order valence-electron chi connectivity index (χ3n) is 4.65. The van der Waals surface area contributed by atoms with Gasteiger partial charge in [-0.05, 0) is 31.2 Å². The Balaban J connectivity index is 2.38. The first-order valence-corrected chi connectivity index (χ1v) is 8.90. The van der Waals surface area contributed by atoms with Crippen LogP contribution in [0, 0.1) is 10.1 Å². The number of benzene rings is 1. The highest BCUT2D eigenvalue weighted by atomic mass is 32.2. The second-order valence-electron chi connectivity index (χ2n) is 5.91. The molecule has 1 aromatic carbocycles. The summed E-state index contributed by atoms with van der Waals surface area (Å²) >= 11 is 1.22. The maximum Gasteiger partial charge on any atom is 0.329 e. The number of hydrogen-bond donors (Lipinski definition) is 1. The normalized spacial score (nSPS) is 16.4. The molecule has 8 heteroatoms. The van der Waals surface area contributed by atoms with Gasteiger partial charge in [-0.15, -0.1) is 11.8 Å². The Morgan fingerprint density at radius 2 is 1.92 bits per heavy atom. The first kappa shape index (κ1) is 18.3. The fourth-order valence-corrected chi connectivity index (χ4v) is 3.73. The van der Waals surface area contributed by atoms with E-state index in [2.05, 4.69) is 0 Å². The first-order chi connectivity index (χ1) is 11.3. The third kappa shape index (κ3) is 3.24. The van der Waals surface area contributed by atoms with Crippen LogP contribution in [-0.4, -0.2) is 45.6 Å². The van der Waals surface area contributed by atoms with E-state index >= 15 is 0 Å². The van der Waals surface area contributed by atoms with E-state index in [0.717, 1.165) is 19.3 Å². The Bertz CT molecular complexity index is 670. The van der Waals surface area contributed by atoms with E-state index in [9.17, 15) is 24.8 Å². The van der Waals surface area contributed by atoms with Crippen LogP contribution < -0.4 is 0 Å². The van der Waals surface area contributed by atoms with Gasteiger partial charge in [0.2, 0.25) is 0 Å². The van der Waals surface area contributed by atoms with Crippen molar-refractivity contribution in [3.63, 3.8) is 0 Å². The molecule has 1 amide bonds. The Morgan fingerprint density at radius 1 is 1.29 bits per heavy atom. The van der Waals surface area contributed by atoms with Crippen molar-refractivity contribution in [2.45, 2.75) is 42.5 Å². The second-order valence-corrected chi connectivity index (χ2v) is 6.75. The van der Waals surface area contributed by atoms with E-state index in [-0.39, 0.29) is 11.3 Å². The van der Waals surface area contributed by atoms with Crippen molar-refractivity contribution >= 4 is 29.3 Å². The highest BCUT2D eigenvalue weighted by Crippen LogP contribution is 2.35. The molecule has 1 aliphatic carbocycles. The molecule has 1 saturated carbocycles. The van der Waals surface area contributed by atoms with Crippen molar-refractivity contribution in [3.05, 3.63) is 33.9 Å². The maximum absolute atomic E-state index is 12.8. The van der Waals surface area contributed by atoms with Crippen LogP contribution in [0.15, 0.2) is 23.1 Å². The lowest BCUT2D eigenvalue weighted by Gasteiger charge is -2.41. The average molecular weight is 352 g/mol. The largest absolute Gasteiger partial charge is 0.479 e. The number of nitro groups is 1. The number of nitrogens with zero attached hydrogens (tertiary/aromatic N) is 2. The minimum atomic E-state index is -1.23. The third-order valence-corrected chi connectivity index (χ3v) is 5.43. The first-order valence-electron chi connectivity index (χ1n) is 7.67. The number of carboxylic acids is 1. The van der Waals surface area contributed by atoms with E-state index in [4.69, 9.17) is 0 Å². The van der Waals surface area contributed by atoms with E-state index in [1.807, 2.05) is 0 Å². The summed E-state index contributed by atoms with van der Waals surface area (Å²) in [7, 11) is 1.47. The number of likely N-dealkylation sites (N-methyl/N-ethyl adjacent to an activating group) is 1. The Hall–Kier alpha value is -2.09. The zero-order valence-electron chi connectivity index (χ0n) is 13.7. The summed E-state index contributed by atoms with van der Waals surface area (Å²) in [6.07, 6.45) is 4.96. The number of carbonyl (C=O) groups excluding carboxylic acids is 1. The highest BCUT2D eigenvalue weighted by molar-refractivity contribution is 7.98. The van der Waals surface area contributed by atoms with Crippen molar-refractivity contribution in [3.8, 4) is 0 Å². The molecule has 0 heterocycles. The number of amides is 1. The minimum Gasteiger partial charge on any atom is -0.479 e. The van der Waals surface area contributed by atoms with Crippen LogP contribution in [-0.2, 0) is 4.79 Å². The van der Waals surface area contributed by atoms with Crippen LogP contribution in [0.3, 0.4) is 0 Å². The summed E-state index contributed by atoms with van der Waals surface area (Å²) in [5, 5.41) is 20.8. The molecule has 0 bridgehead atoms. The zero-order chi connectivity index (χ0) is 17.9. The monoisotopic (exact) mass is 352 g/mol. The van der Waals surface area contributed by atoms with Crippen molar-refractivity contribution in [1.29, 1.82) is 0 Å². The van der Waals surface area contributed by atoms with Crippen molar-refractivity contribution in [2.75, 3.05) is 13.3 Å². The Morgan fingerprint density at radius 3 is 2.42 bits per heavy atom. The summed E-state index contributed by atoms with van der Waals surface area (Å²) < 4.78 is 0. The van der Waals surface area contributed by atoms with Gasteiger partial charge in [-0.25, -0.2) is 4.79 Å². The highest BCUT2D eigenvalue weighted by Gasteiger charge is 2.45.